The van der Waals surface area contributed by atoms with E-state index in [9.17, 15) is 65.4 Å². The summed E-state index contributed by atoms with van der Waals surface area (Å²) in [7, 11) is 7.48. The zero-order chi connectivity index (χ0) is 105. The van der Waals surface area contributed by atoms with E-state index < -0.39 is 74.4 Å². The Morgan fingerprint density at radius 1 is 0.486 bits per heavy atom. The highest BCUT2D eigenvalue weighted by molar-refractivity contribution is 7.88. The standard InChI is InChI=1S/C15H17NO6.C15H17NO2Si.C13H11NO2Si.C12H10F3NO5S.C11H11NO3.C11H9NO2.C11H7NO2.C8H11NO2.C6H8O4/c1-15(2)21-13(17)10(14(18)22-15)8-16-11-7-9(19-3)5-6-12(11)20-4;1-17-12-5-6-13(18-2)15-14(12)11(7-9-16-15)8-10-19(3)4;1-17(2)8-6-9-5-7-14-13-11(16)4-3-10(15)12(9)13;1-19-7-3-4-9(20-2)11-10(7)8(5-6-16-11)21-22(17,18)12(13,14)15;1-14-8-3-4-9(15-2)11-10(8)7(13)5-6-12-11;2*13-8-1-2-9-10-7(4-6-14-9)3-5-12-11(8)10;1-10-6-3-4-8(11-2)7(9)5-6;1-6(2)9-4(7)3-5(8)10-6/h5-8,16H,1-4H3;5-7,9,19H,1-4H3;3-5,7,17H,1-2H3;3-6H,1-2H3;3-6H,1-2H3,(H,12,13);1-3,5,13H,4,6H2;1-6,13H;3-5H,9H2,1-2H3;3H2,1-2H3. The van der Waals surface area contributed by atoms with Gasteiger partial charge in [0.2, 0.25) is 5.78 Å². The first-order valence-electron chi connectivity index (χ1n) is 43.3. The number of nitrogens with zero attached hydrogens (tertiary/aromatic N) is 5. The summed E-state index contributed by atoms with van der Waals surface area (Å²) in [6.07, 6.45) is 17.2. The molecule has 752 valence electrons. The molecule has 42 heteroatoms. The molecule has 2 saturated heterocycles. The maximum atomic E-state index is 12.5. The van der Waals surface area contributed by atoms with E-state index in [-0.39, 0.29) is 68.6 Å². The fourth-order valence-electron chi connectivity index (χ4n) is 13.7. The van der Waals surface area contributed by atoms with E-state index in [0.29, 0.717) is 79.8 Å². The van der Waals surface area contributed by atoms with E-state index in [1.807, 2.05) is 36.4 Å². The number of rotatable bonds is 14. The second-order valence-corrected chi connectivity index (χ2v) is 38.4. The van der Waals surface area contributed by atoms with Crippen LogP contribution in [0.1, 0.15) is 77.2 Å². The molecule has 18 rings (SSSR count). The molecule has 5 aliphatic rings. The number of benzene rings is 7. The number of alkyl halides is 3. The number of esters is 4. The zero-order valence-electron chi connectivity index (χ0n) is 81.2. The van der Waals surface area contributed by atoms with E-state index in [2.05, 4.69) is 98.0 Å². The SMILES string of the molecule is CC1(C)OC(=O)CC(=O)O1.COc1ccc(OC)c(N)c1.COc1ccc(OC)c(NC=C2C(=O)OC(C)(C)OC2=O)c1.COc1ccc(OC)c2c(=O)cc[nH]c12.COc1ccc(OC)c2c(C#C[SiH](C)C)ccnc12.COc1ccc(OC)c2c(OS(=O)(=O)C(F)(F)F)ccnc12.C[SiH](C)C#Cc1ccnc2c1C(=O)C=CC2=O.Oc1ccc2c3c(ccnc13)C=CO2.Oc1ccc2c3c(ccnc13)CCO2. The maximum absolute atomic E-state index is 12.5. The van der Waals surface area contributed by atoms with Crippen LogP contribution in [0.5, 0.6) is 86.2 Å². The van der Waals surface area contributed by atoms with Gasteiger partial charge in [-0.05, 0) is 139 Å². The fourth-order valence-corrected chi connectivity index (χ4v) is 15.1. The molecule has 0 saturated carbocycles. The Hall–Kier alpha value is -17.1. The van der Waals surface area contributed by atoms with Gasteiger partial charge in [-0.25, -0.2) is 9.59 Å². The highest BCUT2D eigenvalue weighted by atomic mass is 32.2. The van der Waals surface area contributed by atoms with Crippen LogP contribution in [0.2, 0.25) is 26.2 Å². The van der Waals surface area contributed by atoms with Gasteiger partial charge in [-0.1, -0.05) is 38.0 Å². The van der Waals surface area contributed by atoms with Crippen molar-refractivity contribution in [2.24, 2.45) is 0 Å². The van der Waals surface area contributed by atoms with Crippen LogP contribution in [0, 0.1) is 22.9 Å². The predicted octanol–water partition coefficient (Wildman–Crippen LogP) is 15.6. The number of phenolic OH excluding ortho intramolecular Hbond substituents is 2. The fraction of sp³-hybridized carbons (Fsp3) is 0.235. The largest absolute Gasteiger partial charge is 0.534 e. The summed E-state index contributed by atoms with van der Waals surface area (Å²) in [5, 5.41) is 25.3. The van der Waals surface area contributed by atoms with Gasteiger partial charge in [0.15, 0.2) is 22.5 Å². The van der Waals surface area contributed by atoms with Crippen molar-refractivity contribution in [3.63, 3.8) is 0 Å². The van der Waals surface area contributed by atoms with E-state index in [1.165, 1.54) is 112 Å². The summed E-state index contributed by atoms with van der Waals surface area (Å²) in [6.45, 7) is 15.3. The molecule has 0 unspecified atom stereocenters. The lowest BCUT2D eigenvalue weighted by Crippen LogP contribution is -2.42. The summed E-state index contributed by atoms with van der Waals surface area (Å²) < 4.78 is 145. The number of carbonyl (C=O) groups excluding carboxylic acids is 6. The maximum Gasteiger partial charge on any atom is 0.534 e. The minimum absolute atomic E-state index is 0.0443. The molecule has 36 nitrogen and oxygen atoms in total. The molecule has 0 bridgehead atoms. The summed E-state index contributed by atoms with van der Waals surface area (Å²) in [6, 6.07) is 37.2. The molecular formula is C102H101F3N8O28SSi2. The molecule has 2 fully saturated rings. The van der Waals surface area contributed by atoms with Gasteiger partial charge >= 0.3 is 39.5 Å². The average molecular weight is 2030 g/mol. The molecule has 0 spiro atoms. The van der Waals surface area contributed by atoms with E-state index in [4.69, 9.17) is 72.0 Å². The lowest BCUT2D eigenvalue weighted by Gasteiger charge is -2.29. The Labute approximate surface area is 827 Å². The number of ketones is 2. The van der Waals surface area contributed by atoms with Crippen LogP contribution in [0.3, 0.4) is 0 Å². The van der Waals surface area contributed by atoms with Crippen molar-refractivity contribution in [2.45, 2.75) is 83.8 Å². The summed E-state index contributed by atoms with van der Waals surface area (Å²) in [4.78, 5) is 103. The third kappa shape index (κ3) is 27.5. The van der Waals surface area contributed by atoms with Crippen molar-refractivity contribution >= 4 is 135 Å². The number of cyclic esters (lactones) is 4. The van der Waals surface area contributed by atoms with Crippen molar-refractivity contribution < 1.29 is 141 Å². The number of carbonyl (C=O) groups is 6. The lowest BCUT2D eigenvalue weighted by molar-refractivity contribution is -0.231. The minimum atomic E-state index is -5.81. The summed E-state index contributed by atoms with van der Waals surface area (Å²) in [5.41, 5.74) is 14.4. The van der Waals surface area contributed by atoms with Gasteiger partial charge in [0.1, 0.15) is 132 Å². The number of hydrogen-bond donors (Lipinski definition) is 5. The number of H-pyrrole nitrogens is 1. The number of anilines is 2. The van der Waals surface area contributed by atoms with Crippen molar-refractivity contribution in [1.29, 1.82) is 0 Å². The van der Waals surface area contributed by atoms with Gasteiger partial charge in [0, 0.05) is 118 Å². The highest BCUT2D eigenvalue weighted by Crippen LogP contribution is 2.43. The molecule has 6 N–H and O–H groups in total. The molecule has 4 aliphatic heterocycles. The first-order valence-corrected chi connectivity index (χ1v) is 50.5. The van der Waals surface area contributed by atoms with Crippen molar-refractivity contribution in [3.8, 4) is 109 Å². The Bertz CT molecular complexity index is 7370. The number of ether oxygens (including phenoxy) is 16. The molecule has 1 aliphatic carbocycles. The first kappa shape index (κ1) is 109. The number of methoxy groups -OCH3 is 10. The van der Waals surface area contributed by atoms with Crippen molar-refractivity contribution in [3.05, 3.63) is 245 Å². The van der Waals surface area contributed by atoms with Crippen molar-refractivity contribution in [1.82, 2.24) is 29.9 Å². The van der Waals surface area contributed by atoms with E-state index in [0.717, 1.165) is 80.2 Å². The molecule has 10 heterocycles. The Balaban J connectivity index is 0.000000168. The number of halogens is 3. The third-order valence-electron chi connectivity index (χ3n) is 20.2. The first-order chi connectivity index (χ1) is 68.6. The Kier molecular flexibility index (Phi) is 37.2. The van der Waals surface area contributed by atoms with Crippen LogP contribution in [0.25, 0.3) is 60.6 Å². The van der Waals surface area contributed by atoms with Crippen LogP contribution in [0.15, 0.2) is 206 Å². The molecule has 144 heavy (non-hydrogen) atoms. The number of nitrogens with one attached hydrogen (secondary N) is 2. The topological polar surface area (TPSA) is 469 Å². The number of nitrogen functional groups attached to an aromatic ring is 1. The van der Waals surface area contributed by atoms with Crippen LogP contribution in [0.4, 0.5) is 24.5 Å². The quantitative estimate of drug-likeness (QED) is 0.00777. The van der Waals surface area contributed by atoms with E-state index >= 15 is 0 Å². The number of pyridine rings is 6. The molecule has 7 aromatic carbocycles. The average Bonchev–Trinajstić information content (AvgIpc) is 0.771. The number of aromatic hydroxyl groups is 2. The number of aromatic nitrogens is 6. The molecule has 13 aromatic rings. The Morgan fingerprint density at radius 2 is 0.965 bits per heavy atom. The van der Waals surface area contributed by atoms with Crippen LogP contribution >= 0.6 is 0 Å². The second kappa shape index (κ2) is 49.1. The smallest absolute Gasteiger partial charge is 0.506 e. The zero-order valence-corrected chi connectivity index (χ0v) is 84.3. The van der Waals surface area contributed by atoms with E-state index in [1.54, 1.807) is 145 Å². The molecular weight excluding hydrogens is 1930 g/mol. The number of allylic oxidation sites excluding steroid dienone is 2. The molecule has 0 amide bonds. The third-order valence-corrected chi connectivity index (χ3v) is 22.6. The minimum Gasteiger partial charge on any atom is -0.506 e. The number of aromatic amines is 1. The van der Waals surface area contributed by atoms with Gasteiger partial charge in [-0.2, -0.15) is 21.6 Å². The summed E-state index contributed by atoms with van der Waals surface area (Å²) in [5.74, 6) is 7.86. The monoisotopic (exact) mass is 2030 g/mol. The highest BCUT2D eigenvalue weighted by Gasteiger charge is 2.49. The number of fused-ring (bicyclic) bond motifs is 4. The molecule has 0 radical (unpaired) electrons. The Morgan fingerprint density at radius 3 is 1.53 bits per heavy atom. The second-order valence-electron chi connectivity index (χ2n) is 31.7. The summed E-state index contributed by atoms with van der Waals surface area (Å²) >= 11 is 0. The van der Waals surface area contributed by atoms with Crippen LogP contribution in [-0.4, -0.2) is 196 Å². The van der Waals surface area contributed by atoms with Crippen LogP contribution in [-0.2, 0) is 54.7 Å². The van der Waals surface area contributed by atoms with Gasteiger partial charge < -0.3 is 106 Å². The van der Waals surface area contributed by atoms with Gasteiger partial charge in [0.05, 0.1) is 128 Å². The number of hydrogen-bond acceptors (Lipinski definition) is 35. The van der Waals surface area contributed by atoms with Gasteiger partial charge in [-0.3, -0.25) is 48.9 Å². The van der Waals surface area contributed by atoms with Crippen molar-refractivity contribution in [2.75, 3.05) is 88.8 Å². The van der Waals surface area contributed by atoms with Crippen LogP contribution < -0.4 is 77.5 Å². The van der Waals surface area contributed by atoms with Gasteiger partial charge in [0.25, 0.3) is 11.6 Å². The lowest BCUT2D eigenvalue weighted by atomic mass is 9.96. The molecule has 0 atom stereocenters. The predicted molar refractivity (Wildman–Crippen MR) is 535 cm³/mol. The normalized spacial score (nSPS) is 13.3. The number of phenols is 2. The molecule has 6 aromatic heterocycles. The number of nitrogens with two attached hydrogens (primary N) is 1. The van der Waals surface area contributed by atoms with Gasteiger partial charge in [-0.15, -0.1) is 11.1 Å².